The number of aryl methyl sites for hydroxylation is 1. The first kappa shape index (κ1) is 15.6. The maximum atomic E-state index is 12.7. The first-order valence-electron chi connectivity index (χ1n) is 8.05. The molecule has 1 aromatic carbocycles. The summed E-state index contributed by atoms with van der Waals surface area (Å²) in [6.07, 6.45) is 2.68. The number of carbonyl (C=O) groups is 2. The molecule has 1 fully saturated rings. The van der Waals surface area contributed by atoms with Crippen LogP contribution in [0.25, 0.3) is 11.0 Å². The number of carbonyl (C=O) groups excluding carboxylic acids is 1. The third kappa shape index (κ3) is 3.38. The number of carboxylic acid groups (broad SMARTS) is 1. The molecule has 122 valence electrons. The number of furan rings is 1. The van der Waals surface area contributed by atoms with Crippen molar-refractivity contribution in [1.82, 2.24) is 4.90 Å². The summed E-state index contributed by atoms with van der Waals surface area (Å²) >= 11 is 0. The van der Waals surface area contributed by atoms with Crippen molar-refractivity contribution in [2.45, 2.75) is 32.6 Å². The lowest BCUT2D eigenvalue weighted by atomic mass is 9.93. The van der Waals surface area contributed by atoms with Gasteiger partial charge in [0.05, 0.1) is 0 Å². The van der Waals surface area contributed by atoms with Crippen LogP contribution >= 0.6 is 0 Å². The van der Waals surface area contributed by atoms with Gasteiger partial charge in [-0.3, -0.25) is 9.59 Å². The Balaban J connectivity index is 1.73. The van der Waals surface area contributed by atoms with E-state index in [4.69, 9.17) is 9.52 Å². The van der Waals surface area contributed by atoms with Crippen LogP contribution in [0, 0.1) is 12.8 Å². The van der Waals surface area contributed by atoms with Crippen molar-refractivity contribution in [3.05, 3.63) is 35.6 Å². The molecule has 2 heterocycles. The van der Waals surface area contributed by atoms with E-state index in [0.717, 1.165) is 29.4 Å². The number of fused-ring (bicyclic) bond motifs is 1. The molecular formula is C18H21NO4. The first-order chi connectivity index (χ1) is 11.0. The number of para-hydroxylation sites is 1. The van der Waals surface area contributed by atoms with Gasteiger partial charge in [0.2, 0.25) is 0 Å². The van der Waals surface area contributed by atoms with Gasteiger partial charge in [-0.05, 0) is 43.7 Å². The number of amides is 1. The summed E-state index contributed by atoms with van der Waals surface area (Å²) in [7, 11) is 0. The van der Waals surface area contributed by atoms with Crippen LogP contribution in [0.15, 0.2) is 28.7 Å². The quantitative estimate of drug-likeness (QED) is 0.938. The van der Waals surface area contributed by atoms with E-state index in [-0.39, 0.29) is 18.2 Å². The Labute approximate surface area is 134 Å². The second-order valence-electron chi connectivity index (χ2n) is 6.30. The second-order valence-corrected chi connectivity index (χ2v) is 6.30. The summed E-state index contributed by atoms with van der Waals surface area (Å²) in [5.74, 6) is -0.245. The lowest BCUT2D eigenvalue weighted by Gasteiger charge is -2.32. The van der Waals surface area contributed by atoms with E-state index in [1.54, 1.807) is 11.0 Å². The van der Waals surface area contributed by atoms with Gasteiger partial charge in [-0.25, -0.2) is 0 Å². The number of carboxylic acids is 1. The van der Waals surface area contributed by atoms with E-state index >= 15 is 0 Å². The Morgan fingerprint density at radius 2 is 2.22 bits per heavy atom. The number of hydrogen-bond donors (Lipinski definition) is 1. The normalized spacial score (nSPS) is 18.3. The number of benzene rings is 1. The van der Waals surface area contributed by atoms with E-state index in [2.05, 4.69) is 0 Å². The highest BCUT2D eigenvalue weighted by Crippen LogP contribution is 2.26. The van der Waals surface area contributed by atoms with Crippen molar-refractivity contribution in [3.8, 4) is 0 Å². The molecule has 2 aromatic rings. The third-order valence-corrected chi connectivity index (χ3v) is 4.52. The van der Waals surface area contributed by atoms with Gasteiger partial charge in [-0.1, -0.05) is 18.2 Å². The van der Waals surface area contributed by atoms with Crippen LogP contribution in [0.4, 0.5) is 0 Å². The minimum atomic E-state index is -0.777. The molecule has 1 amide bonds. The van der Waals surface area contributed by atoms with Gasteiger partial charge in [-0.15, -0.1) is 0 Å². The fourth-order valence-corrected chi connectivity index (χ4v) is 3.28. The molecule has 0 radical (unpaired) electrons. The monoisotopic (exact) mass is 315 g/mol. The smallest absolute Gasteiger partial charge is 0.303 e. The van der Waals surface area contributed by atoms with Crippen molar-refractivity contribution in [1.29, 1.82) is 0 Å². The Bertz CT molecular complexity index is 734. The highest BCUT2D eigenvalue weighted by Gasteiger charge is 2.26. The van der Waals surface area contributed by atoms with Gasteiger partial charge in [-0.2, -0.15) is 0 Å². The average Bonchev–Trinajstić information content (AvgIpc) is 2.98. The van der Waals surface area contributed by atoms with E-state index in [0.29, 0.717) is 25.3 Å². The lowest BCUT2D eigenvalue weighted by molar-refractivity contribution is -0.137. The van der Waals surface area contributed by atoms with Crippen molar-refractivity contribution >= 4 is 22.8 Å². The number of hydrogen-bond acceptors (Lipinski definition) is 3. The zero-order valence-corrected chi connectivity index (χ0v) is 13.2. The van der Waals surface area contributed by atoms with Crippen LogP contribution < -0.4 is 0 Å². The van der Waals surface area contributed by atoms with Crippen molar-refractivity contribution in [2.75, 3.05) is 13.1 Å². The molecule has 23 heavy (non-hydrogen) atoms. The van der Waals surface area contributed by atoms with Gasteiger partial charge in [0.1, 0.15) is 5.58 Å². The first-order valence-corrected chi connectivity index (χ1v) is 8.05. The number of nitrogens with zero attached hydrogens (tertiary/aromatic N) is 1. The largest absolute Gasteiger partial charge is 0.481 e. The van der Waals surface area contributed by atoms with Gasteiger partial charge in [0, 0.05) is 24.9 Å². The topological polar surface area (TPSA) is 70.8 Å². The Morgan fingerprint density at radius 1 is 1.39 bits per heavy atom. The lowest BCUT2D eigenvalue weighted by Crippen LogP contribution is -2.39. The number of rotatable bonds is 4. The molecule has 0 aliphatic carbocycles. The van der Waals surface area contributed by atoms with Gasteiger partial charge >= 0.3 is 5.97 Å². The molecule has 1 unspecified atom stereocenters. The predicted octanol–water partition coefficient (Wildman–Crippen LogP) is 3.46. The predicted molar refractivity (Wildman–Crippen MR) is 86.4 cm³/mol. The van der Waals surface area contributed by atoms with E-state index in [1.807, 2.05) is 25.1 Å². The second kappa shape index (κ2) is 6.44. The van der Waals surface area contributed by atoms with E-state index in [9.17, 15) is 9.59 Å². The SMILES string of the molecule is Cc1cccc2cc(C(=O)N3CCCC(CCC(=O)O)C3)oc12. The Kier molecular flexibility index (Phi) is 4.37. The van der Waals surface area contributed by atoms with Crippen LogP contribution in [0.3, 0.4) is 0 Å². The molecule has 1 aliphatic rings. The third-order valence-electron chi connectivity index (χ3n) is 4.52. The summed E-state index contributed by atoms with van der Waals surface area (Å²) in [5.41, 5.74) is 1.77. The van der Waals surface area contributed by atoms with E-state index < -0.39 is 5.97 Å². The minimum Gasteiger partial charge on any atom is -0.481 e. The van der Waals surface area contributed by atoms with Gasteiger partial charge < -0.3 is 14.4 Å². The zero-order chi connectivity index (χ0) is 16.4. The average molecular weight is 315 g/mol. The van der Waals surface area contributed by atoms with Gasteiger partial charge in [0.15, 0.2) is 5.76 Å². The molecular weight excluding hydrogens is 294 g/mol. The molecule has 0 bridgehead atoms. The Morgan fingerprint density at radius 3 is 2.96 bits per heavy atom. The standard InChI is InChI=1S/C18H21NO4/c1-12-4-2-6-14-10-15(23-17(12)14)18(22)19-9-3-5-13(11-19)7-8-16(20)21/h2,4,6,10,13H,3,5,7-9,11H2,1H3,(H,20,21). The summed E-state index contributed by atoms with van der Waals surface area (Å²) in [4.78, 5) is 25.2. The summed E-state index contributed by atoms with van der Waals surface area (Å²) in [5, 5.41) is 9.75. The number of piperidine rings is 1. The molecule has 3 rings (SSSR count). The fraction of sp³-hybridized carbons (Fsp3) is 0.444. The van der Waals surface area contributed by atoms with E-state index in [1.165, 1.54) is 0 Å². The van der Waals surface area contributed by atoms with Crippen LogP contribution in [0.2, 0.25) is 0 Å². The minimum absolute atomic E-state index is 0.0966. The highest BCUT2D eigenvalue weighted by atomic mass is 16.4. The Hall–Kier alpha value is -2.30. The number of likely N-dealkylation sites (tertiary alicyclic amines) is 1. The van der Waals surface area contributed by atoms with Crippen LogP contribution in [0.1, 0.15) is 41.8 Å². The molecule has 5 nitrogen and oxygen atoms in total. The molecule has 1 aliphatic heterocycles. The molecule has 1 aromatic heterocycles. The molecule has 1 saturated heterocycles. The molecule has 0 spiro atoms. The molecule has 1 atom stereocenters. The molecule has 5 heteroatoms. The summed E-state index contributed by atoms with van der Waals surface area (Å²) < 4.78 is 5.76. The summed E-state index contributed by atoms with van der Waals surface area (Å²) in [6.45, 7) is 3.28. The maximum absolute atomic E-state index is 12.7. The molecule has 0 saturated carbocycles. The highest BCUT2D eigenvalue weighted by molar-refractivity contribution is 5.96. The van der Waals surface area contributed by atoms with Crippen LogP contribution in [0.5, 0.6) is 0 Å². The van der Waals surface area contributed by atoms with Crippen LogP contribution in [-0.2, 0) is 4.79 Å². The van der Waals surface area contributed by atoms with Crippen LogP contribution in [-0.4, -0.2) is 35.0 Å². The summed E-state index contributed by atoms with van der Waals surface area (Å²) in [6, 6.07) is 7.65. The van der Waals surface area contributed by atoms with Gasteiger partial charge in [0.25, 0.3) is 5.91 Å². The van der Waals surface area contributed by atoms with Crippen molar-refractivity contribution in [2.24, 2.45) is 5.92 Å². The maximum Gasteiger partial charge on any atom is 0.303 e. The molecule has 1 N–H and O–H groups in total. The van der Waals surface area contributed by atoms with Crippen molar-refractivity contribution in [3.63, 3.8) is 0 Å². The number of aliphatic carboxylic acids is 1. The fourth-order valence-electron chi connectivity index (χ4n) is 3.28. The van der Waals surface area contributed by atoms with Crippen molar-refractivity contribution < 1.29 is 19.1 Å². The zero-order valence-electron chi connectivity index (χ0n) is 13.2.